The van der Waals surface area contributed by atoms with Crippen LogP contribution in [0.5, 0.6) is 0 Å². The quantitative estimate of drug-likeness (QED) is 0.699. The van der Waals surface area contributed by atoms with Gasteiger partial charge in [-0.25, -0.2) is 0 Å². The number of rotatable bonds is 6. The molecule has 1 aliphatic heterocycles. The average Bonchev–Trinajstić information content (AvgIpc) is 2.64. The molecule has 5 nitrogen and oxygen atoms in total. The van der Waals surface area contributed by atoms with Crippen LogP contribution in [0.2, 0.25) is 0 Å². The molecule has 1 saturated heterocycles. The molecule has 2 amide bonds. The fourth-order valence-corrected chi connectivity index (χ4v) is 2.07. The van der Waals surface area contributed by atoms with Gasteiger partial charge in [-0.15, -0.1) is 0 Å². The lowest BCUT2D eigenvalue weighted by Crippen LogP contribution is -2.48. The molecule has 0 aromatic rings. The summed E-state index contributed by atoms with van der Waals surface area (Å²) in [6.07, 6.45) is 3.15. The van der Waals surface area contributed by atoms with Crippen LogP contribution in [0.25, 0.3) is 0 Å². The molecule has 0 spiro atoms. The van der Waals surface area contributed by atoms with E-state index in [0.717, 1.165) is 19.4 Å². The molecule has 5 heteroatoms. The molecule has 0 aromatic carbocycles. The van der Waals surface area contributed by atoms with Crippen molar-refractivity contribution in [3.8, 4) is 0 Å². The van der Waals surface area contributed by atoms with Crippen molar-refractivity contribution in [1.82, 2.24) is 10.2 Å². The number of hydrogen-bond donors (Lipinski definition) is 2. The van der Waals surface area contributed by atoms with E-state index in [1.54, 1.807) is 4.90 Å². The van der Waals surface area contributed by atoms with E-state index in [4.69, 9.17) is 5.73 Å². The molecule has 2 atom stereocenters. The highest BCUT2D eigenvalue weighted by molar-refractivity contribution is 5.82. The number of nitrogens with two attached hydrogens (primary N) is 1. The molecule has 98 valence electrons. The molecule has 3 N–H and O–H groups in total. The lowest BCUT2D eigenvalue weighted by atomic mass is 10.1. The fraction of sp³-hybridized carbons (Fsp3) is 0.833. The highest BCUT2D eigenvalue weighted by Gasteiger charge is 2.23. The molecule has 0 radical (unpaired) electrons. The third kappa shape index (κ3) is 4.34. The smallest absolute Gasteiger partial charge is 0.237 e. The van der Waals surface area contributed by atoms with E-state index in [-0.39, 0.29) is 17.9 Å². The molecular weight excluding hydrogens is 218 g/mol. The van der Waals surface area contributed by atoms with Crippen LogP contribution in [0.15, 0.2) is 0 Å². The third-order valence-corrected chi connectivity index (χ3v) is 2.99. The first-order valence-corrected chi connectivity index (χ1v) is 6.38. The maximum atomic E-state index is 11.7. The maximum Gasteiger partial charge on any atom is 0.237 e. The van der Waals surface area contributed by atoms with E-state index < -0.39 is 6.04 Å². The van der Waals surface area contributed by atoms with Crippen LogP contribution in [0, 0.1) is 0 Å². The van der Waals surface area contributed by atoms with Crippen molar-refractivity contribution in [2.75, 3.05) is 13.1 Å². The van der Waals surface area contributed by atoms with Crippen LogP contribution in [0.4, 0.5) is 0 Å². The van der Waals surface area contributed by atoms with E-state index in [2.05, 4.69) is 5.32 Å². The summed E-state index contributed by atoms with van der Waals surface area (Å²) in [5.41, 5.74) is 5.72. The van der Waals surface area contributed by atoms with Crippen molar-refractivity contribution in [3.63, 3.8) is 0 Å². The minimum absolute atomic E-state index is 0.0348. The molecule has 17 heavy (non-hydrogen) atoms. The van der Waals surface area contributed by atoms with E-state index in [1.807, 2.05) is 13.8 Å². The lowest BCUT2D eigenvalue weighted by Gasteiger charge is -2.23. The molecule has 0 aliphatic carbocycles. The Hall–Kier alpha value is -1.10. The number of likely N-dealkylation sites (tertiary alicyclic amines) is 1. The Balaban J connectivity index is 2.31. The van der Waals surface area contributed by atoms with Gasteiger partial charge in [0.15, 0.2) is 0 Å². The molecule has 0 saturated carbocycles. The molecule has 1 heterocycles. The third-order valence-electron chi connectivity index (χ3n) is 2.99. The highest BCUT2D eigenvalue weighted by Crippen LogP contribution is 2.09. The summed E-state index contributed by atoms with van der Waals surface area (Å²) < 4.78 is 0. The van der Waals surface area contributed by atoms with Crippen LogP contribution in [-0.4, -0.2) is 41.9 Å². The van der Waals surface area contributed by atoms with Crippen molar-refractivity contribution in [3.05, 3.63) is 0 Å². The van der Waals surface area contributed by atoms with Gasteiger partial charge >= 0.3 is 0 Å². The topological polar surface area (TPSA) is 75.4 Å². The van der Waals surface area contributed by atoms with Crippen molar-refractivity contribution in [1.29, 1.82) is 0 Å². The maximum absolute atomic E-state index is 11.7. The van der Waals surface area contributed by atoms with Crippen LogP contribution >= 0.6 is 0 Å². The zero-order valence-electron chi connectivity index (χ0n) is 10.7. The predicted octanol–water partition coefficient (Wildman–Crippen LogP) is 0.241. The summed E-state index contributed by atoms with van der Waals surface area (Å²) in [6.45, 7) is 5.30. The first kappa shape index (κ1) is 14.0. The van der Waals surface area contributed by atoms with Gasteiger partial charge in [-0.3, -0.25) is 9.59 Å². The summed E-state index contributed by atoms with van der Waals surface area (Å²) in [5, 5.41) is 2.85. The number of nitrogens with one attached hydrogen (secondary N) is 1. The number of hydrogen-bond acceptors (Lipinski definition) is 3. The molecule has 1 fully saturated rings. The fourth-order valence-electron chi connectivity index (χ4n) is 2.07. The molecule has 1 unspecified atom stereocenters. The van der Waals surface area contributed by atoms with Gasteiger partial charge in [-0.1, -0.05) is 13.3 Å². The predicted molar refractivity (Wildman–Crippen MR) is 66.3 cm³/mol. The Labute approximate surface area is 103 Å². The van der Waals surface area contributed by atoms with E-state index in [1.165, 1.54) is 0 Å². The summed E-state index contributed by atoms with van der Waals surface area (Å²) in [7, 11) is 0. The molecular formula is C12H23N3O2. The number of nitrogens with zero attached hydrogens (tertiary/aromatic N) is 1. The molecule has 0 aromatic heterocycles. The summed E-state index contributed by atoms with van der Waals surface area (Å²) >= 11 is 0. The molecule has 1 rings (SSSR count). The zero-order valence-corrected chi connectivity index (χ0v) is 10.7. The Bertz CT molecular complexity index is 281. The summed E-state index contributed by atoms with van der Waals surface area (Å²) in [5.74, 6) is 0.0648. The van der Waals surface area contributed by atoms with Crippen molar-refractivity contribution in [2.45, 2.75) is 51.6 Å². The van der Waals surface area contributed by atoms with Gasteiger partial charge in [-0.05, 0) is 19.8 Å². The van der Waals surface area contributed by atoms with Crippen LogP contribution in [-0.2, 0) is 9.59 Å². The number of carbonyl (C=O) groups excluding carboxylic acids is 2. The van der Waals surface area contributed by atoms with Gasteiger partial charge in [0, 0.05) is 25.6 Å². The first-order valence-electron chi connectivity index (χ1n) is 6.38. The monoisotopic (exact) mass is 241 g/mol. The van der Waals surface area contributed by atoms with Gasteiger partial charge in [0.2, 0.25) is 11.8 Å². The SMILES string of the molecule is CCC[C@H](N)C(=O)NC(C)CN1CCCC1=O. The standard InChI is InChI=1S/C12H23N3O2/c1-3-5-10(13)12(17)14-9(2)8-15-7-4-6-11(15)16/h9-10H,3-8,13H2,1-2H3,(H,14,17)/t9?,10-/m0/s1. The van der Waals surface area contributed by atoms with Gasteiger partial charge in [0.25, 0.3) is 0 Å². The van der Waals surface area contributed by atoms with Gasteiger partial charge < -0.3 is 16.0 Å². The normalized spacial score (nSPS) is 19.2. The largest absolute Gasteiger partial charge is 0.351 e. The Kier molecular flexibility index (Phi) is 5.41. The van der Waals surface area contributed by atoms with E-state index in [9.17, 15) is 9.59 Å². The van der Waals surface area contributed by atoms with Gasteiger partial charge in [-0.2, -0.15) is 0 Å². The van der Waals surface area contributed by atoms with Crippen LogP contribution in [0.3, 0.4) is 0 Å². The van der Waals surface area contributed by atoms with Gasteiger partial charge in [0.1, 0.15) is 0 Å². The van der Waals surface area contributed by atoms with Crippen molar-refractivity contribution < 1.29 is 9.59 Å². The molecule has 1 aliphatic rings. The average molecular weight is 241 g/mol. The number of amides is 2. The van der Waals surface area contributed by atoms with Crippen molar-refractivity contribution >= 4 is 11.8 Å². The minimum atomic E-state index is -0.434. The summed E-state index contributed by atoms with van der Waals surface area (Å²) in [6, 6.07) is -0.468. The van der Waals surface area contributed by atoms with Crippen LogP contribution in [0.1, 0.15) is 39.5 Å². The number of carbonyl (C=O) groups is 2. The second-order valence-corrected chi connectivity index (χ2v) is 4.75. The van der Waals surface area contributed by atoms with E-state index >= 15 is 0 Å². The minimum Gasteiger partial charge on any atom is -0.351 e. The zero-order chi connectivity index (χ0) is 12.8. The second-order valence-electron chi connectivity index (χ2n) is 4.75. The highest BCUT2D eigenvalue weighted by atomic mass is 16.2. The molecule has 0 bridgehead atoms. The summed E-state index contributed by atoms with van der Waals surface area (Å²) in [4.78, 5) is 24.9. The Morgan fingerprint density at radius 3 is 2.82 bits per heavy atom. The Morgan fingerprint density at radius 2 is 2.29 bits per heavy atom. The lowest BCUT2D eigenvalue weighted by molar-refractivity contribution is -0.129. The van der Waals surface area contributed by atoms with Gasteiger partial charge in [0.05, 0.1) is 6.04 Å². The van der Waals surface area contributed by atoms with E-state index in [0.29, 0.717) is 19.4 Å². The van der Waals surface area contributed by atoms with Crippen molar-refractivity contribution in [2.24, 2.45) is 5.73 Å². The van der Waals surface area contributed by atoms with Crippen LogP contribution < -0.4 is 11.1 Å². The Morgan fingerprint density at radius 1 is 1.59 bits per heavy atom. The first-order chi connectivity index (χ1) is 8.04. The second kappa shape index (κ2) is 6.59.